The molecule has 0 saturated carbocycles. The largest absolute Gasteiger partial charge is 0.476 e. The third kappa shape index (κ3) is 3.00. The van der Waals surface area contributed by atoms with Crippen LogP contribution in [-0.2, 0) is 0 Å². The van der Waals surface area contributed by atoms with E-state index in [1.165, 1.54) is 6.07 Å². The number of pyridine rings is 1. The number of aromatic nitrogens is 1. The van der Waals surface area contributed by atoms with Crippen molar-refractivity contribution in [3.05, 3.63) is 51.6 Å². The van der Waals surface area contributed by atoms with Crippen LogP contribution in [-0.4, -0.2) is 16.1 Å². The Hall–Kier alpha value is -1.59. The lowest BCUT2D eigenvalue weighted by Gasteiger charge is -2.07. The minimum Gasteiger partial charge on any atom is -0.476 e. The van der Waals surface area contributed by atoms with Crippen molar-refractivity contribution in [2.45, 2.75) is 0 Å². The summed E-state index contributed by atoms with van der Waals surface area (Å²) in [5.41, 5.74) is 0.632. The van der Waals surface area contributed by atoms with E-state index in [2.05, 4.69) is 26.2 Å². The van der Waals surface area contributed by atoms with Crippen molar-refractivity contribution in [1.29, 1.82) is 0 Å². The van der Waals surface area contributed by atoms with Crippen molar-refractivity contribution in [2.24, 2.45) is 0 Å². The first-order chi connectivity index (χ1) is 8.56. The Balaban J connectivity index is 2.30. The lowest BCUT2D eigenvalue weighted by Crippen LogP contribution is -2.04. The maximum absolute atomic E-state index is 10.9. The van der Waals surface area contributed by atoms with Gasteiger partial charge in [-0.2, -0.15) is 0 Å². The quantitative estimate of drug-likeness (QED) is 0.896. The van der Waals surface area contributed by atoms with E-state index in [1.807, 2.05) is 24.3 Å². The molecule has 0 unspecified atom stereocenters. The summed E-state index contributed by atoms with van der Waals surface area (Å²) in [7, 11) is 0. The normalized spacial score (nSPS) is 10.1. The molecule has 6 heteroatoms. The van der Waals surface area contributed by atoms with Crippen molar-refractivity contribution in [3.63, 3.8) is 0 Å². The number of carboxylic acids is 1. The first-order valence-corrected chi connectivity index (χ1v) is 6.16. The number of rotatable bonds is 3. The zero-order valence-electron chi connectivity index (χ0n) is 9.02. The minimum absolute atomic E-state index is 0.113. The Morgan fingerprint density at radius 3 is 2.78 bits per heavy atom. The molecule has 92 valence electrons. The van der Waals surface area contributed by atoms with Crippen LogP contribution in [0.2, 0.25) is 5.02 Å². The molecule has 2 rings (SSSR count). The number of hydrogen-bond acceptors (Lipinski definition) is 3. The number of halogens is 2. The van der Waals surface area contributed by atoms with Gasteiger partial charge in [-0.05, 0) is 30.3 Å². The van der Waals surface area contributed by atoms with Crippen LogP contribution >= 0.6 is 27.5 Å². The van der Waals surface area contributed by atoms with Crippen molar-refractivity contribution < 1.29 is 9.90 Å². The Kier molecular flexibility index (Phi) is 3.84. The molecule has 2 N–H and O–H groups in total. The number of carbonyl (C=O) groups is 1. The van der Waals surface area contributed by atoms with E-state index in [4.69, 9.17) is 16.7 Å². The highest BCUT2D eigenvalue weighted by molar-refractivity contribution is 9.10. The van der Waals surface area contributed by atoms with Gasteiger partial charge in [0, 0.05) is 10.2 Å². The Morgan fingerprint density at radius 2 is 2.11 bits per heavy atom. The van der Waals surface area contributed by atoms with Gasteiger partial charge >= 0.3 is 5.97 Å². The van der Waals surface area contributed by atoms with Gasteiger partial charge in [-0.1, -0.05) is 33.6 Å². The first-order valence-electron chi connectivity index (χ1n) is 4.98. The number of anilines is 2. The summed E-state index contributed by atoms with van der Waals surface area (Å²) in [4.78, 5) is 14.8. The zero-order chi connectivity index (χ0) is 13.1. The van der Waals surface area contributed by atoms with Gasteiger partial charge in [0.2, 0.25) is 0 Å². The second-order valence-corrected chi connectivity index (χ2v) is 4.79. The summed E-state index contributed by atoms with van der Waals surface area (Å²) >= 11 is 9.09. The Morgan fingerprint density at radius 1 is 1.33 bits per heavy atom. The number of nitrogens with one attached hydrogen (secondary N) is 1. The molecule has 0 aliphatic heterocycles. The average molecular weight is 328 g/mol. The molecule has 0 spiro atoms. The molecule has 0 bridgehead atoms. The van der Waals surface area contributed by atoms with E-state index in [0.29, 0.717) is 5.82 Å². The number of carboxylic acid groups (broad SMARTS) is 1. The number of benzene rings is 1. The van der Waals surface area contributed by atoms with E-state index in [1.54, 1.807) is 6.07 Å². The smallest absolute Gasteiger partial charge is 0.356 e. The molecule has 0 aliphatic rings. The van der Waals surface area contributed by atoms with Crippen LogP contribution < -0.4 is 5.32 Å². The van der Waals surface area contributed by atoms with Crippen LogP contribution in [0, 0.1) is 0 Å². The molecule has 1 aromatic carbocycles. The topological polar surface area (TPSA) is 62.2 Å². The van der Waals surface area contributed by atoms with Gasteiger partial charge in [-0.3, -0.25) is 0 Å². The standard InChI is InChI=1S/C12H8BrClN2O2/c13-7-2-1-3-8(6-7)15-10-5-4-9(14)11(16-10)12(17)18/h1-6H,(H,15,16)(H,17,18). The third-order valence-electron chi connectivity index (χ3n) is 2.15. The van der Waals surface area contributed by atoms with Crippen LogP contribution in [0.1, 0.15) is 10.5 Å². The zero-order valence-corrected chi connectivity index (χ0v) is 11.4. The van der Waals surface area contributed by atoms with Crippen LogP contribution in [0.25, 0.3) is 0 Å². The molecule has 1 heterocycles. The lowest BCUT2D eigenvalue weighted by atomic mass is 10.3. The number of aromatic carboxylic acids is 1. The monoisotopic (exact) mass is 326 g/mol. The van der Waals surface area contributed by atoms with E-state index in [-0.39, 0.29) is 10.7 Å². The van der Waals surface area contributed by atoms with Gasteiger partial charge in [0.15, 0.2) is 5.69 Å². The number of hydrogen-bond donors (Lipinski definition) is 2. The van der Waals surface area contributed by atoms with Gasteiger partial charge in [-0.15, -0.1) is 0 Å². The van der Waals surface area contributed by atoms with Gasteiger partial charge < -0.3 is 10.4 Å². The van der Waals surface area contributed by atoms with E-state index in [9.17, 15) is 4.79 Å². The maximum Gasteiger partial charge on any atom is 0.356 e. The molecular weight excluding hydrogens is 320 g/mol. The fourth-order valence-electron chi connectivity index (χ4n) is 1.38. The molecule has 1 aromatic heterocycles. The predicted octanol–water partition coefficient (Wildman–Crippen LogP) is 3.94. The average Bonchev–Trinajstić information content (AvgIpc) is 2.31. The highest BCUT2D eigenvalue weighted by atomic mass is 79.9. The summed E-state index contributed by atoms with van der Waals surface area (Å²) < 4.78 is 0.917. The Labute approximate surface area is 117 Å². The molecule has 2 aromatic rings. The van der Waals surface area contributed by atoms with Gasteiger partial charge in [-0.25, -0.2) is 9.78 Å². The summed E-state index contributed by atoms with van der Waals surface area (Å²) in [6.07, 6.45) is 0. The van der Waals surface area contributed by atoms with Crippen LogP contribution in [0.15, 0.2) is 40.9 Å². The summed E-state index contributed by atoms with van der Waals surface area (Å²) in [6, 6.07) is 10.6. The second-order valence-electron chi connectivity index (χ2n) is 3.47. The fourth-order valence-corrected chi connectivity index (χ4v) is 1.96. The van der Waals surface area contributed by atoms with Crippen molar-refractivity contribution in [2.75, 3.05) is 5.32 Å². The highest BCUT2D eigenvalue weighted by Crippen LogP contribution is 2.22. The lowest BCUT2D eigenvalue weighted by molar-refractivity contribution is 0.0691. The fraction of sp³-hybridized carbons (Fsp3) is 0. The first kappa shape index (κ1) is 12.9. The van der Waals surface area contributed by atoms with E-state index in [0.717, 1.165) is 10.2 Å². The summed E-state index contributed by atoms with van der Waals surface area (Å²) in [6.45, 7) is 0. The predicted molar refractivity (Wildman–Crippen MR) is 73.6 cm³/mol. The SMILES string of the molecule is O=C(O)c1nc(Nc2cccc(Br)c2)ccc1Cl. The van der Waals surface area contributed by atoms with Crippen LogP contribution in [0.5, 0.6) is 0 Å². The molecular formula is C12H8BrClN2O2. The third-order valence-corrected chi connectivity index (χ3v) is 2.94. The maximum atomic E-state index is 10.9. The van der Waals surface area contributed by atoms with Crippen molar-refractivity contribution in [1.82, 2.24) is 4.98 Å². The molecule has 4 nitrogen and oxygen atoms in total. The summed E-state index contributed by atoms with van der Waals surface area (Å²) in [5, 5.41) is 12.0. The molecule has 0 radical (unpaired) electrons. The van der Waals surface area contributed by atoms with Gasteiger partial charge in [0.05, 0.1) is 5.02 Å². The summed E-state index contributed by atoms with van der Waals surface area (Å²) in [5.74, 6) is -0.729. The van der Waals surface area contributed by atoms with E-state index < -0.39 is 5.97 Å². The molecule has 0 saturated heterocycles. The second kappa shape index (κ2) is 5.37. The van der Waals surface area contributed by atoms with Crippen LogP contribution in [0.3, 0.4) is 0 Å². The molecule has 18 heavy (non-hydrogen) atoms. The minimum atomic E-state index is -1.15. The van der Waals surface area contributed by atoms with Crippen LogP contribution in [0.4, 0.5) is 11.5 Å². The molecule has 0 amide bonds. The molecule has 0 atom stereocenters. The molecule has 0 aliphatic carbocycles. The number of nitrogens with zero attached hydrogens (tertiary/aromatic N) is 1. The van der Waals surface area contributed by atoms with Gasteiger partial charge in [0.25, 0.3) is 0 Å². The van der Waals surface area contributed by atoms with Gasteiger partial charge in [0.1, 0.15) is 5.82 Å². The van der Waals surface area contributed by atoms with E-state index >= 15 is 0 Å². The Bertz CT molecular complexity index is 604. The highest BCUT2D eigenvalue weighted by Gasteiger charge is 2.11. The van der Waals surface area contributed by atoms with Crippen molar-refractivity contribution in [3.8, 4) is 0 Å². The molecule has 0 fully saturated rings. The van der Waals surface area contributed by atoms with Crippen molar-refractivity contribution >= 4 is 45.0 Å².